The summed E-state index contributed by atoms with van der Waals surface area (Å²) in [7, 11) is 1.52. The molecule has 4 aromatic heterocycles. The summed E-state index contributed by atoms with van der Waals surface area (Å²) >= 11 is 0. The average molecular weight is 352 g/mol. The Hall–Kier alpha value is -3.89. The lowest BCUT2D eigenvalue weighted by Gasteiger charge is -2.13. The molecule has 130 valence electrons. The fourth-order valence-corrected chi connectivity index (χ4v) is 2.34. The number of aromatic nitrogens is 7. The van der Waals surface area contributed by atoms with E-state index >= 15 is 0 Å². The van der Waals surface area contributed by atoms with Crippen LogP contribution in [0.25, 0.3) is 17.3 Å². The maximum Gasteiger partial charge on any atom is 0.286 e. The van der Waals surface area contributed by atoms with E-state index in [0.717, 1.165) is 4.52 Å². The average Bonchev–Trinajstić information content (AvgIpc) is 3.32. The molecule has 0 aliphatic heterocycles. The molecule has 11 nitrogen and oxygen atoms in total. The van der Waals surface area contributed by atoms with E-state index in [-0.39, 0.29) is 23.8 Å². The van der Waals surface area contributed by atoms with E-state index in [1.54, 1.807) is 24.4 Å². The fraction of sp³-hybridized carbons (Fsp3) is 0.133. The van der Waals surface area contributed by atoms with E-state index < -0.39 is 11.5 Å². The van der Waals surface area contributed by atoms with E-state index in [2.05, 4.69) is 30.2 Å². The normalized spacial score (nSPS) is 11.0. The Morgan fingerprint density at radius 1 is 1.31 bits per heavy atom. The molecule has 0 aliphatic carbocycles. The standard InChI is InChI=1S/C15H12N8O3/c1-22(7-11-20-12(21-26-11)10-4-2-3-5-16-10)13(24)9-6-17-15-18-8-19-23(15)14(9)25/h2-6,8H,7H2,1H3,(H,17,18,19). The zero-order valence-electron chi connectivity index (χ0n) is 13.5. The molecule has 0 saturated carbocycles. The molecule has 4 aromatic rings. The highest BCUT2D eigenvalue weighted by atomic mass is 16.5. The molecule has 0 aromatic carbocycles. The van der Waals surface area contributed by atoms with E-state index in [4.69, 9.17) is 4.52 Å². The molecular formula is C15H12N8O3. The Labute approximate surface area is 145 Å². The fourth-order valence-electron chi connectivity index (χ4n) is 2.34. The topological polar surface area (TPSA) is 135 Å². The van der Waals surface area contributed by atoms with Gasteiger partial charge in [-0.2, -0.15) is 9.50 Å². The van der Waals surface area contributed by atoms with Crippen LogP contribution in [-0.4, -0.2) is 52.6 Å². The molecule has 0 bridgehead atoms. The number of aromatic amines is 1. The Kier molecular flexibility index (Phi) is 3.73. The van der Waals surface area contributed by atoms with Gasteiger partial charge in [-0.15, -0.1) is 0 Å². The van der Waals surface area contributed by atoms with E-state index in [0.29, 0.717) is 11.5 Å². The number of nitrogens with zero attached hydrogens (tertiary/aromatic N) is 7. The van der Waals surface area contributed by atoms with Crippen LogP contribution in [0.15, 0.2) is 46.2 Å². The highest BCUT2D eigenvalue weighted by Gasteiger charge is 2.20. The molecule has 0 spiro atoms. The van der Waals surface area contributed by atoms with E-state index in [1.165, 1.54) is 24.5 Å². The van der Waals surface area contributed by atoms with Crippen molar-refractivity contribution < 1.29 is 9.32 Å². The first kappa shape index (κ1) is 15.6. The van der Waals surface area contributed by atoms with Gasteiger partial charge in [0, 0.05) is 19.4 Å². The Bertz CT molecular complexity index is 1130. The minimum absolute atomic E-state index is 0.0315. The highest BCUT2D eigenvalue weighted by molar-refractivity contribution is 5.93. The number of carbonyl (C=O) groups excluding carboxylic acids is 1. The number of pyridine rings is 1. The predicted octanol–water partition coefficient (Wildman–Crippen LogP) is 0.135. The Morgan fingerprint density at radius 3 is 3.00 bits per heavy atom. The summed E-state index contributed by atoms with van der Waals surface area (Å²) < 4.78 is 6.24. The van der Waals surface area contributed by atoms with Crippen molar-refractivity contribution >= 4 is 11.7 Å². The number of H-pyrrole nitrogens is 1. The van der Waals surface area contributed by atoms with Crippen molar-refractivity contribution in [2.24, 2.45) is 0 Å². The van der Waals surface area contributed by atoms with Gasteiger partial charge in [-0.3, -0.25) is 19.7 Å². The van der Waals surface area contributed by atoms with Gasteiger partial charge in [0.05, 0.1) is 0 Å². The van der Waals surface area contributed by atoms with Crippen LogP contribution in [0.3, 0.4) is 0 Å². The summed E-state index contributed by atoms with van der Waals surface area (Å²) in [5, 5.41) is 6.45. The van der Waals surface area contributed by atoms with Gasteiger partial charge in [0.15, 0.2) is 0 Å². The number of hydrogen-bond acceptors (Lipinski definition) is 8. The maximum atomic E-state index is 12.5. The summed E-state index contributed by atoms with van der Waals surface area (Å²) in [6, 6.07) is 5.33. The Balaban J connectivity index is 1.55. The maximum absolute atomic E-state index is 12.5. The third-order valence-corrected chi connectivity index (χ3v) is 3.62. The number of carbonyl (C=O) groups is 1. The largest absolute Gasteiger partial charge is 0.337 e. The number of nitrogens with one attached hydrogen (secondary N) is 1. The molecule has 1 N–H and O–H groups in total. The SMILES string of the molecule is CN(Cc1nc(-c2ccccn2)no1)C(=O)c1cnc2nc[nH]n2c1=O. The van der Waals surface area contributed by atoms with Gasteiger partial charge in [0.2, 0.25) is 11.7 Å². The number of amides is 1. The lowest BCUT2D eigenvalue weighted by atomic mass is 10.3. The molecule has 0 aliphatic rings. The second kappa shape index (κ2) is 6.20. The molecular weight excluding hydrogens is 340 g/mol. The zero-order valence-corrected chi connectivity index (χ0v) is 13.5. The summed E-state index contributed by atoms with van der Waals surface area (Å²) in [6.45, 7) is 0.0315. The van der Waals surface area contributed by atoms with Crippen LogP contribution >= 0.6 is 0 Å². The molecule has 4 heterocycles. The van der Waals surface area contributed by atoms with Crippen LogP contribution in [0.1, 0.15) is 16.2 Å². The van der Waals surface area contributed by atoms with E-state index in [1.807, 2.05) is 0 Å². The molecule has 1 amide bonds. The van der Waals surface area contributed by atoms with Gasteiger partial charge in [0.25, 0.3) is 17.2 Å². The lowest BCUT2D eigenvalue weighted by Crippen LogP contribution is -2.33. The van der Waals surface area contributed by atoms with Crippen LogP contribution in [0, 0.1) is 0 Å². The summed E-state index contributed by atoms with van der Waals surface area (Å²) in [5.41, 5.74) is -0.0774. The van der Waals surface area contributed by atoms with Crippen LogP contribution < -0.4 is 5.56 Å². The molecule has 4 rings (SSSR count). The van der Waals surface area contributed by atoms with Crippen molar-refractivity contribution in [1.29, 1.82) is 0 Å². The van der Waals surface area contributed by atoms with Crippen molar-refractivity contribution in [3.05, 3.63) is 58.7 Å². The first-order valence-corrected chi connectivity index (χ1v) is 7.54. The monoisotopic (exact) mass is 352 g/mol. The molecule has 26 heavy (non-hydrogen) atoms. The van der Waals surface area contributed by atoms with Crippen LogP contribution in [-0.2, 0) is 6.54 Å². The van der Waals surface area contributed by atoms with Crippen molar-refractivity contribution in [3.8, 4) is 11.5 Å². The third-order valence-electron chi connectivity index (χ3n) is 3.62. The molecule has 0 unspecified atom stereocenters. The van der Waals surface area contributed by atoms with Crippen molar-refractivity contribution in [1.82, 2.24) is 39.6 Å². The lowest BCUT2D eigenvalue weighted by molar-refractivity contribution is 0.0767. The number of fused-ring (bicyclic) bond motifs is 1. The van der Waals surface area contributed by atoms with Gasteiger partial charge < -0.3 is 9.42 Å². The Morgan fingerprint density at radius 2 is 2.19 bits per heavy atom. The quantitative estimate of drug-likeness (QED) is 0.548. The van der Waals surface area contributed by atoms with Gasteiger partial charge in [-0.05, 0) is 12.1 Å². The van der Waals surface area contributed by atoms with Crippen molar-refractivity contribution in [2.75, 3.05) is 7.05 Å². The molecule has 11 heteroatoms. The minimum atomic E-state index is -0.538. The second-order valence-corrected chi connectivity index (χ2v) is 5.39. The summed E-state index contributed by atoms with van der Waals surface area (Å²) in [5.74, 6) is 0.203. The van der Waals surface area contributed by atoms with E-state index in [9.17, 15) is 9.59 Å². The van der Waals surface area contributed by atoms with Crippen molar-refractivity contribution in [2.45, 2.75) is 6.54 Å². The summed E-state index contributed by atoms with van der Waals surface area (Å²) in [6.07, 6.45) is 4.14. The highest BCUT2D eigenvalue weighted by Crippen LogP contribution is 2.13. The molecule has 0 atom stereocenters. The third kappa shape index (κ3) is 2.70. The van der Waals surface area contributed by atoms with Crippen LogP contribution in [0.4, 0.5) is 0 Å². The van der Waals surface area contributed by atoms with Gasteiger partial charge in [-0.1, -0.05) is 11.2 Å². The summed E-state index contributed by atoms with van der Waals surface area (Å²) in [4.78, 5) is 42.3. The first-order valence-electron chi connectivity index (χ1n) is 7.54. The molecule has 0 saturated heterocycles. The first-order chi connectivity index (χ1) is 12.6. The second-order valence-electron chi connectivity index (χ2n) is 5.39. The molecule has 0 fully saturated rings. The van der Waals surface area contributed by atoms with Gasteiger partial charge in [-0.25, -0.2) is 9.97 Å². The zero-order chi connectivity index (χ0) is 18.1. The number of hydrogen-bond donors (Lipinski definition) is 1. The van der Waals surface area contributed by atoms with Crippen LogP contribution in [0.5, 0.6) is 0 Å². The van der Waals surface area contributed by atoms with Crippen molar-refractivity contribution in [3.63, 3.8) is 0 Å². The van der Waals surface area contributed by atoms with Crippen LogP contribution in [0.2, 0.25) is 0 Å². The van der Waals surface area contributed by atoms with Gasteiger partial charge in [0.1, 0.15) is 24.1 Å². The molecule has 0 radical (unpaired) electrons. The van der Waals surface area contributed by atoms with Gasteiger partial charge >= 0.3 is 0 Å². The number of rotatable bonds is 4. The predicted molar refractivity (Wildman–Crippen MR) is 86.9 cm³/mol. The smallest absolute Gasteiger partial charge is 0.286 e. The minimum Gasteiger partial charge on any atom is -0.337 e.